The van der Waals surface area contributed by atoms with E-state index in [9.17, 15) is 9.59 Å². The van der Waals surface area contributed by atoms with E-state index in [1.807, 2.05) is 26.0 Å². The molecule has 0 fully saturated rings. The van der Waals surface area contributed by atoms with Crippen LogP contribution in [0.2, 0.25) is 0 Å². The minimum absolute atomic E-state index is 0.158. The molecule has 1 amide bonds. The quantitative estimate of drug-likeness (QED) is 0.825. The molecule has 2 aromatic rings. The van der Waals surface area contributed by atoms with E-state index < -0.39 is 11.9 Å². The van der Waals surface area contributed by atoms with Gasteiger partial charge < -0.3 is 14.7 Å². The molecule has 26 heavy (non-hydrogen) atoms. The van der Waals surface area contributed by atoms with Crippen LogP contribution in [-0.4, -0.2) is 40.5 Å². The van der Waals surface area contributed by atoms with Crippen LogP contribution in [-0.2, 0) is 11.4 Å². The summed E-state index contributed by atoms with van der Waals surface area (Å²) in [6, 6.07) is 7.34. The Kier molecular flexibility index (Phi) is 6.33. The summed E-state index contributed by atoms with van der Waals surface area (Å²) in [5.74, 6) is -1.00. The summed E-state index contributed by atoms with van der Waals surface area (Å²) in [6.07, 6.45) is 3.46. The average Bonchev–Trinajstić information content (AvgIpc) is 2.60. The third-order valence-corrected chi connectivity index (χ3v) is 4.13. The average molecular weight is 356 g/mol. The number of carbonyl (C=O) groups is 2. The Morgan fingerprint density at radius 3 is 2.46 bits per heavy atom. The van der Waals surface area contributed by atoms with Crippen LogP contribution in [0.25, 0.3) is 0 Å². The van der Waals surface area contributed by atoms with Crippen molar-refractivity contribution >= 4 is 11.9 Å². The third-order valence-electron chi connectivity index (χ3n) is 4.13. The monoisotopic (exact) mass is 356 g/mol. The number of carboxylic acids is 1. The largest absolute Gasteiger partial charge is 0.488 e. The number of benzene rings is 1. The van der Waals surface area contributed by atoms with Crippen molar-refractivity contribution in [1.29, 1.82) is 0 Å². The van der Waals surface area contributed by atoms with Crippen molar-refractivity contribution in [3.05, 3.63) is 58.9 Å². The molecular formula is C20H24N2O4. The summed E-state index contributed by atoms with van der Waals surface area (Å²) in [5.41, 5.74) is 3.21. The van der Waals surface area contributed by atoms with Gasteiger partial charge in [0.1, 0.15) is 12.4 Å². The highest BCUT2D eigenvalue weighted by molar-refractivity contribution is 5.95. The summed E-state index contributed by atoms with van der Waals surface area (Å²) in [4.78, 5) is 29.1. The van der Waals surface area contributed by atoms with Crippen molar-refractivity contribution in [2.45, 2.75) is 27.4 Å². The van der Waals surface area contributed by atoms with Gasteiger partial charge in [0.05, 0.1) is 5.92 Å². The lowest BCUT2D eigenvalue weighted by molar-refractivity contribution is -0.141. The fourth-order valence-corrected chi connectivity index (χ4v) is 2.73. The SMILES string of the molecule is Cc1cc(C(=O)N(C)CC(C)C(=O)O)cc(C)c1OCc1cccnc1. The van der Waals surface area contributed by atoms with Crippen molar-refractivity contribution < 1.29 is 19.4 Å². The molecular weight excluding hydrogens is 332 g/mol. The minimum atomic E-state index is -0.920. The first-order chi connectivity index (χ1) is 12.3. The molecule has 6 heteroatoms. The standard InChI is InChI=1S/C20H24N2O4/c1-13-8-17(19(23)22(4)11-15(3)20(24)25)9-14(2)18(13)26-12-16-6-5-7-21-10-16/h5-10,15H,11-12H2,1-4H3,(H,24,25). The topological polar surface area (TPSA) is 79.7 Å². The zero-order valence-electron chi connectivity index (χ0n) is 15.5. The second-order valence-electron chi connectivity index (χ2n) is 6.51. The first-order valence-corrected chi connectivity index (χ1v) is 8.40. The van der Waals surface area contributed by atoms with Crippen LogP contribution in [0.1, 0.15) is 34.0 Å². The summed E-state index contributed by atoms with van der Waals surface area (Å²) in [6.45, 7) is 5.92. The molecule has 0 aliphatic heterocycles. The zero-order valence-corrected chi connectivity index (χ0v) is 15.5. The highest BCUT2D eigenvalue weighted by Crippen LogP contribution is 2.26. The summed E-state index contributed by atoms with van der Waals surface area (Å²) in [5, 5.41) is 9.00. The summed E-state index contributed by atoms with van der Waals surface area (Å²) >= 11 is 0. The van der Waals surface area contributed by atoms with Crippen LogP contribution < -0.4 is 4.74 Å². The molecule has 0 aliphatic rings. The minimum Gasteiger partial charge on any atom is -0.488 e. The number of aromatic nitrogens is 1. The first kappa shape index (κ1) is 19.4. The van der Waals surface area contributed by atoms with Crippen molar-refractivity contribution in [3.63, 3.8) is 0 Å². The van der Waals surface area contributed by atoms with Crippen LogP contribution in [0.3, 0.4) is 0 Å². The van der Waals surface area contributed by atoms with Crippen LogP contribution in [0.5, 0.6) is 5.75 Å². The van der Waals surface area contributed by atoms with E-state index >= 15 is 0 Å². The Bertz CT molecular complexity index is 767. The van der Waals surface area contributed by atoms with Gasteiger partial charge in [-0.15, -0.1) is 0 Å². The predicted octanol–water partition coefficient (Wildman–Crippen LogP) is 3.07. The highest BCUT2D eigenvalue weighted by Gasteiger charge is 2.20. The van der Waals surface area contributed by atoms with Crippen LogP contribution >= 0.6 is 0 Å². The maximum absolute atomic E-state index is 12.6. The number of nitrogens with zero attached hydrogens (tertiary/aromatic N) is 2. The normalized spacial score (nSPS) is 11.7. The van der Waals surface area contributed by atoms with Gasteiger partial charge in [0, 0.05) is 37.1 Å². The first-order valence-electron chi connectivity index (χ1n) is 8.40. The van der Waals surface area contributed by atoms with E-state index in [0.717, 1.165) is 22.4 Å². The molecule has 6 nitrogen and oxygen atoms in total. The van der Waals surface area contributed by atoms with Crippen LogP contribution in [0.4, 0.5) is 0 Å². The number of pyridine rings is 1. The lowest BCUT2D eigenvalue weighted by Crippen LogP contribution is -2.33. The Morgan fingerprint density at radius 2 is 1.92 bits per heavy atom. The lowest BCUT2D eigenvalue weighted by Gasteiger charge is -2.21. The van der Waals surface area contributed by atoms with E-state index in [1.165, 1.54) is 4.90 Å². The van der Waals surface area contributed by atoms with E-state index in [2.05, 4.69) is 4.98 Å². The lowest BCUT2D eigenvalue weighted by atomic mass is 10.0. The van der Waals surface area contributed by atoms with E-state index in [0.29, 0.717) is 12.2 Å². The fourth-order valence-electron chi connectivity index (χ4n) is 2.73. The van der Waals surface area contributed by atoms with Crippen molar-refractivity contribution in [1.82, 2.24) is 9.88 Å². The van der Waals surface area contributed by atoms with Crippen molar-refractivity contribution in [3.8, 4) is 5.75 Å². The number of ether oxygens (including phenoxy) is 1. The molecule has 1 aromatic heterocycles. The van der Waals surface area contributed by atoms with Gasteiger partial charge in [-0.2, -0.15) is 0 Å². The zero-order chi connectivity index (χ0) is 19.3. The predicted molar refractivity (Wildman–Crippen MR) is 98.2 cm³/mol. The molecule has 0 bridgehead atoms. The number of amides is 1. The van der Waals surface area contributed by atoms with E-state index in [-0.39, 0.29) is 12.5 Å². The van der Waals surface area contributed by atoms with Gasteiger partial charge in [0.25, 0.3) is 5.91 Å². The van der Waals surface area contributed by atoms with Gasteiger partial charge in [-0.25, -0.2) is 0 Å². The molecule has 0 radical (unpaired) electrons. The number of hydrogen-bond acceptors (Lipinski definition) is 4. The smallest absolute Gasteiger partial charge is 0.308 e. The molecule has 138 valence electrons. The Morgan fingerprint density at radius 1 is 1.27 bits per heavy atom. The summed E-state index contributed by atoms with van der Waals surface area (Å²) < 4.78 is 5.90. The van der Waals surface area contributed by atoms with Gasteiger partial charge in [0.15, 0.2) is 0 Å². The highest BCUT2D eigenvalue weighted by atomic mass is 16.5. The van der Waals surface area contributed by atoms with Crippen LogP contribution in [0.15, 0.2) is 36.7 Å². The van der Waals surface area contributed by atoms with Gasteiger partial charge in [0.2, 0.25) is 0 Å². The van der Waals surface area contributed by atoms with Gasteiger partial charge in [-0.05, 0) is 43.2 Å². The number of aliphatic carboxylic acids is 1. The third kappa shape index (κ3) is 4.81. The Labute approximate surface area is 153 Å². The molecule has 1 N–H and O–H groups in total. The molecule has 1 aromatic carbocycles. The van der Waals surface area contributed by atoms with Gasteiger partial charge in [-0.3, -0.25) is 14.6 Å². The number of rotatable bonds is 7. The van der Waals surface area contributed by atoms with Crippen molar-refractivity contribution in [2.75, 3.05) is 13.6 Å². The van der Waals surface area contributed by atoms with Crippen molar-refractivity contribution in [2.24, 2.45) is 5.92 Å². The summed E-state index contributed by atoms with van der Waals surface area (Å²) in [7, 11) is 1.61. The molecule has 0 saturated heterocycles. The Hall–Kier alpha value is -2.89. The number of aryl methyl sites for hydroxylation is 2. The van der Waals surface area contributed by atoms with Crippen LogP contribution in [0, 0.1) is 19.8 Å². The molecule has 0 aliphatic carbocycles. The number of carboxylic acid groups (broad SMARTS) is 1. The maximum atomic E-state index is 12.6. The van der Waals surface area contributed by atoms with Gasteiger partial charge >= 0.3 is 5.97 Å². The number of hydrogen-bond donors (Lipinski definition) is 1. The van der Waals surface area contributed by atoms with E-state index in [4.69, 9.17) is 9.84 Å². The molecule has 1 heterocycles. The Balaban J connectivity index is 2.12. The molecule has 0 saturated carbocycles. The molecule has 1 atom stereocenters. The van der Waals surface area contributed by atoms with E-state index in [1.54, 1.807) is 38.5 Å². The molecule has 2 rings (SSSR count). The fraction of sp³-hybridized carbons (Fsp3) is 0.350. The number of carbonyl (C=O) groups excluding carboxylic acids is 1. The molecule has 0 spiro atoms. The molecule has 1 unspecified atom stereocenters. The second kappa shape index (κ2) is 8.47. The maximum Gasteiger partial charge on any atom is 0.308 e. The second-order valence-corrected chi connectivity index (χ2v) is 6.51. The van der Waals surface area contributed by atoms with Gasteiger partial charge in [-0.1, -0.05) is 13.0 Å².